The quantitative estimate of drug-likeness (QED) is 0.0261. The summed E-state index contributed by atoms with van der Waals surface area (Å²) >= 11 is 0. The van der Waals surface area contributed by atoms with Gasteiger partial charge in [-0.1, -0.05) is 254 Å². The zero-order valence-electron chi connectivity index (χ0n) is 46.7. The highest BCUT2D eigenvalue weighted by Crippen LogP contribution is 2.23. The number of unbranched alkanes of at least 4 members (excludes halogenated alkanes) is 34. The van der Waals surface area contributed by atoms with Crippen LogP contribution in [0.25, 0.3) is 0 Å². The van der Waals surface area contributed by atoms with Crippen molar-refractivity contribution in [3.05, 3.63) is 60.8 Å². The highest BCUT2D eigenvalue weighted by Gasteiger charge is 2.44. The van der Waals surface area contributed by atoms with E-state index in [0.717, 1.165) is 64.2 Å². The lowest BCUT2D eigenvalue weighted by Crippen LogP contribution is -2.60. The number of rotatable bonds is 52. The van der Waals surface area contributed by atoms with Gasteiger partial charge >= 0.3 is 0 Å². The van der Waals surface area contributed by atoms with Crippen LogP contribution in [0.4, 0.5) is 0 Å². The first-order valence-corrected chi connectivity index (χ1v) is 30.5. The third-order valence-electron chi connectivity index (χ3n) is 14.3. The maximum absolute atomic E-state index is 13.0. The van der Waals surface area contributed by atoms with Crippen molar-refractivity contribution < 1.29 is 39.8 Å². The molecule has 1 fully saturated rings. The number of ether oxygens (including phenoxy) is 2. The monoisotopic (exact) mass is 1010 g/mol. The summed E-state index contributed by atoms with van der Waals surface area (Å²) in [4.78, 5) is 13.0. The molecule has 7 atom stereocenters. The van der Waals surface area contributed by atoms with Gasteiger partial charge in [-0.25, -0.2) is 0 Å². The van der Waals surface area contributed by atoms with Crippen LogP contribution in [-0.2, 0) is 14.3 Å². The molecule has 0 radical (unpaired) electrons. The molecule has 0 spiro atoms. The molecule has 9 heteroatoms. The van der Waals surface area contributed by atoms with Crippen molar-refractivity contribution in [1.29, 1.82) is 0 Å². The molecule has 0 aromatic heterocycles. The van der Waals surface area contributed by atoms with Gasteiger partial charge < -0.3 is 40.3 Å². The Morgan fingerprint density at radius 1 is 0.472 bits per heavy atom. The van der Waals surface area contributed by atoms with Crippen molar-refractivity contribution in [2.45, 2.75) is 320 Å². The Hall–Kier alpha value is -2.11. The maximum atomic E-state index is 13.0. The number of hydrogen-bond donors (Lipinski definition) is 6. The zero-order valence-corrected chi connectivity index (χ0v) is 46.7. The number of carbonyl (C=O) groups excluding carboxylic acids is 1. The van der Waals surface area contributed by atoms with Gasteiger partial charge in [0.15, 0.2) is 6.29 Å². The molecule has 72 heavy (non-hydrogen) atoms. The summed E-state index contributed by atoms with van der Waals surface area (Å²) in [6.45, 7) is 3.75. The number of amides is 1. The van der Waals surface area contributed by atoms with Gasteiger partial charge in [-0.05, 0) is 77.0 Å². The van der Waals surface area contributed by atoms with Gasteiger partial charge in [-0.15, -0.1) is 0 Å². The Labute approximate surface area is 443 Å². The molecule has 0 aliphatic carbocycles. The van der Waals surface area contributed by atoms with Gasteiger partial charge in [-0.3, -0.25) is 4.79 Å². The Morgan fingerprint density at radius 2 is 0.833 bits per heavy atom. The van der Waals surface area contributed by atoms with Gasteiger partial charge in [-0.2, -0.15) is 0 Å². The maximum Gasteiger partial charge on any atom is 0.220 e. The molecule has 1 saturated heterocycles. The van der Waals surface area contributed by atoms with Crippen molar-refractivity contribution in [2.24, 2.45) is 0 Å². The predicted octanol–water partition coefficient (Wildman–Crippen LogP) is 15.5. The normalized spacial score (nSPS) is 19.6. The largest absolute Gasteiger partial charge is 0.394 e. The predicted molar refractivity (Wildman–Crippen MR) is 304 cm³/mol. The Bertz CT molecular complexity index is 1310. The lowest BCUT2D eigenvalue weighted by molar-refractivity contribution is -0.302. The molecule has 0 aromatic carbocycles. The SMILES string of the molecule is CCCCC/C=C\C/C=C\CCCCCCCCCCCC(=O)NC(COC1OC(CO)C(O)C(O)C1O)C(O)/C=C/CC/C=C/CC/C=C/CCCCCCCCCCCCCCCCCCCCCC. The average molecular weight is 1010 g/mol. The van der Waals surface area contributed by atoms with E-state index >= 15 is 0 Å². The second-order valence-electron chi connectivity index (χ2n) is 21.1. The molecule has 0 bridgehead atoms. The summed E-state index contributed by atoms with van der Waals surface area (Å²) in [6, 6.07) is -0.834. The van der Waals surface area contributed by atoms with Gasteiger partial charge in [0.1, 0.15) is 24.4 Å². The second-order valence-corrected chi connectivity index (χ2v) is 21.1. The first-order chi connectivity index (χ1) is 35.3. The number of nitrogens with one attached hydrogen (secondary N) is 1. The molecule has 420 valence electrons. The van der Waals surface area contributed by atoms with Crippen molar-refractivity contribution >= 4 is 5.91 Å². The zero-order chi connectivity index (χ0) is 52.2. The van der Waals surface area contributed by atoms with Gasteiger partial charge in [0.25, 0.3) is 0 Å². The Kier molecular flexibility index (Phi) is 49.4. The average Bonchev–Trinajstić information content (AvgIpc) is 3.38. The van der Waals surface area contributed by atoms with Crippen LogP contribution in [-0.4, -0.2) is 87.5 Å². The molecule has 0 aromatic rings. The van der Waals surface area contributed by atoms with E-state index in [9.17, 15) is 30.3 Å². The second kappa shape index (κ2) is 52.3. The highest BCUT2D eigenvalue weighted by atomic mass is 16.7. The summed E-state index contributed by atoms with van der Waals surface area (Å²) in [7, 11) is 0. The molecule has 7 unspecified atom stereocenters. The molecule has 1 rings (SSSR count). The van der Waals surface area contributed by atoms with Crippen LogP contribution in [0.3, 0.4) is 0 Å². The molecule has 9 nitrogen and oxygen atoms in total. The molecular weight excluding hydrogens is 899 g/mol. The number of hydrogen-bond acceptors (Lipinski definition) is 8. The minimum atomic E-state index is -1.58. The Morgan fingerprint density at radius 3 is 1.28 bits per heavy atom. The van der Waals surface area contributed by atoms with E-state index in [1.54, 1.807) is 6.08 Å². The first-order valence-electron chi connectivity index (χ1n) is 30.5. The summed E-state index contributed by atoms with van der Waals surface area (Å²) in [5, 5.41) is 54.5. The van der Waals surface area contributed by atoms with E-state index < -0.39 is 49.5 Å². The van der Waals surface area contributed by atoms with Crippen molar-refractivity contribution in [3.8, 4) is 0 Å². The topological polar surface area (TPSA) is 149 Å². The van der Waals surface area contributed by atoms with Crippen molar-refractivity contribution in [2.75, 3.05) is 13.2 Å². The van der Waals surface area contributed by atoms with E-state index in [-0.39, 0.29) is 12.5 Å². The van der Waals surface area contributed by atoms with Crippen LogP contribution in [0, 0.1) is 0 Å². The lowest BCUT2D eigenvalue weighted by Gasteiger charge is -2.40. The minimum absolute atomic E-state index is 0.195. The molecule has 0 saturated carbocycles. The molecule has 1 aliphatic rings. The summed E-state index contributed by atoms with van der Waals surface area (Å²) in [5.74, 6) is -0.195. The fourth-order valence-corrected chi connectivity index (χ4v) is 9.46. The number of allylic oxidation sites excluding steroid dienone is 9. The highest BCUT2D eigenvalue weighted by molar-refractivity contribution is 5.76. The van der Waals surface area contributed by atoms with E-state index in [1.807, 2.05) is 6.08 Å². The smallest absolute Gasteiger partial charge is 0.220 e. The van der Waals surface area contributed by atoms with E-state index in [1.165, 1.54) is 193 Å². The van der Waals surface area contributed by atoms with Gasteiger partial charge in [0.05, 0.1) is 25.4 Å². The van der Waals surface area contributed by atoms with Crippen LogP contribution in [0.2, 0.25) is 0 Å². The molecule has 1 amide bonds. The van der Waals surface area contributed by atoms with E-state index in [4.69, 9.17) is 9.47 Å². The lowest BCUT2D eigenvalue weighted by atomic mass is 9.99. The third kappa shape index (κ3) is 41.2. The van der Waals surface area contributed by atoms with Crippen LogP contribution in [0.15, 0.2) is 60.8 Å². The fraction of sp³-hybridized carbons (Fsp3) is 0.825. The molecule has 6 N–H and O–H groups in total. The van der Waals surface area contributed by atoms with Gasteiger partial charge in [0, 0.05) is 6.42 Å². The van der Waals surface area contributed by atoms with Crippen LogP contribution >= 0.6 is 0 Å². The van der Waals surface area contributed by atoms with Crippen LogP contribution < -0.4 is 5.32 Å². The van der Waals surface area contributed by atoms with Crippen LogP contribution in [0.1, 0.15) is 277 Å². The number of aliphatic hydroxyl groups excluding tert-OH is 5. The first kappa shape index (κ1) is 67.9. The molecule has 1 aliphatic heterocycles. The van der Waals surface area contributed by atoms with E-state index in [2.05, 4.69) is 67.8 Å². The summed E-state index contributed by atoms with van der Waals surface area (Å²) in [6.07, 6.45) is 64.4. The van der Waals surface area contributed by atoms with Crippen molar-refractivity contribution in [1.82, 2.24) is 5.32 Å². The molecular formula is C63H115NO8. The van der Waals surface area contributed by atoms with E-state index in [0.29, 0.717) is 6.42 Å². The van der Waals surface area contributed by atoms with Crippen molar-refractivity contribution in [3.63, 3.8) is 0 Å². The minimum Gasteiger partial charge on any atom is -0.394 e. The third-order valence-corrected chi connectivity index (χ3v) is 14.3. The summed E-state index contributed by atoms with van der Waals surface area (Å²) < 4.78 is 11.3. The Balaban J connectivity index is 2.23. The van der Waals surface area contributed by atoms with Gasteiger partial charge in [0.2, 0.25) is 5.91 Å². The number of aliphatic hydroxyl groups is 5. The van der Waals surface area contributed by atoms with Crippen LogP contribution in [0.5, 0.6) is 0 Å². The fourth-order valence-electron chi connectivity index (χ4n) is 9.46. The standard InChI is InChI=1S/C63H115NO8/c1-3-5-7-9-11-13-15-17-19-21-23-24-25-26-27-28-29-30-31-32-33-35-36-38-40-42-44-46-48-50-52-57(66)56(55-71-63-62(70)61(69)60(68)58(54-65)72-63)64-59(67)53-51-49-47-45-43-41-39-37-34-22-20-18-16-14-12-10-8-6-4-2/h12,14,18,20,35-36,42,44,50,52,56-58,60-63,65-66,68-70H,3-11,13,15-17,19,21-34,37-41,43,45-49,51,53-55H2,1-2H3,(H,64,67)/b14-12-,20-18-,36-35+,44-42+,52-50+. The molecule has 1 heterocycles. The number of carbonyl (C=O) groups is 1. The summed E-state index contributed by atoms with van der Waals surface area (Å²) in [5.41, 5.74) is 0.